The summed E-state index contributed by atoms with van der Waals surface area (Å²) in [5, 5.41) is 3.03. The summed E-state index contributed by atoms with van der Waals surface area (Å²) in [6.07, 6.45) is 8.08. The molecule has 2 saturated heterocycles. The quantitative estimate of drug-likeness (QED) is 0.734. The van der Waals surface area contributed by atoms with Crippen LogP contribution in [0.4, 0.5) is 5.13 Å². The second-order valence-corrected chi connectivity index (χ2v) is 9.80. The lowest BCUT2D eigenvalue weighted by Crippen LogP contribution is -2.51. The Bertz CT molecular complexity index is 904. The number of hydrogen-bond acceptors (Lipinski definition) is 5. The van der Waals surface area contributed by atoms with Gasteiger partial charge in [0.2, 0.25) is 5.91 Å². The molecule has 2 aromatic rings. The van der Waals surface area contributed by atoms with Gasteiger partial charge in [-0.3, -0.25) is 9.59 Å². The maximum Gasteiger partial charge on any atom is 0.254 e. The number of amides is 2. The predicted octanol–water partition coefficient (Wildman–Crippen LogP) is 3.66. The molecule has 0 radical (unpaired) electrons. The van der Waals surface area contributed by atoms with E-state index < -0.39 is 0 Å². The highest BCUT2D eigenvalue weighted by atomic mass is 32.1. The van der Waals surface area contributed by atoms with Crippen molar-refractivity contribution in [1.29, 1.82) is 0 Å². The van der Waals surface area contributed by atoms with Gasteiger partial charge in [0.15, 0.2) is 5.13 Å². The highest BCUT2D eigenvalue weighted by molar-refractivity contribution is 7.13. The normalized spacial score (nSPS) is 26.5. The van der Waals surface area contributed by atoms with Crippen LogP contribution in [-0.2, 0) is 4.79 Å². The van der Waals surface area contributed by atoms with E-state index >= 15 is 0 Å². The molecule has 1 aromatic heterocycles. The highest BCUT2D eigenvalue weighted by Crippen LogP contribution is 2.41. The molecular formula is C24H30N4O2S. The van der Waals surface area contributed by atoms with Crippen molar-refractivity contribution in [2.24, 2.45) is 5.92 Å². The van der Waals surface area contributed by atoms with Crippen molar-refractivity contribution in [1.82, 2.24) is 14.8 Å². The highest BCUT2D eigenvalue weighted by Gasteiger charge is 2.48. The molecule has 1 aliphatic carbocycles. The SMILES string of the molecule is O=C(C1CC2CCCCC2N1C(=O)c1ccccc1)N1CCCN(c2nccs2)CC1. The fraction of sp³-hybridized carbons (Fsp3) is 0.542. The van der Waals surface area contributed by atoms with Gasteiger partial charge in [0.1, 0.15) is 6.04 Å². The molecule has 0 bridgehead atoms. The summed E-state index contributed by atoms with van der Waals surface area (Å²) in [5.41, 5.74) is 0.692. The smallest absolute Gasteiger partial charge is 0.254 e. The van der Waals surface area contributed by atoms with Crippen LogP contribution in [0.2, 0.25) is 0 Å². The van der Waals surface area contributed by atoms with Gasteiger partial charge in [0, 0.05) is 49.4 Å². The van der Waals surface area contributed by atoms with Gasteiger partial charge in [-0.15, -0.1) is 11.3 Å². The molecule has 3 atom stereocenters. The number of benzene rings is 1. The molecule has 7 heteroatoms. The fourth-order valence-corrected chi connectivity index (χ4v) is 6.31. The van der Waals surface area contributed by atoms with Gasteiger partial charge in [0.05, 0.1) is 0 Å². The van der Waals surface area contributed by atoms with E-state index in [2.05, 4.69) is 9.88 Å². The first-order chi connectivity index (χ1) is 15.2. The van der Waals surface area contributed by atoms with Crippen molar-refractivity contribution in [2.75, 3.05) is 31.1 Å². The number of aromatic nitrogens is 1. The third-order valence-electron chi connectivity index (χ3n) is 7.13. The van der Waals surface area contributed by atoms with Gasteiger partial charge in [0.25, 0.3) is 5.91 Å². The number of nitrogens with zero attached hydrogens (tertiary/aromatic N) is 4. The number of likely N-dealkylation sites (tertiary alicyclic amines) is 1. The summed E-state index contributed by atoms with van der Waals surface area (Å²) < 4.78 is 0. The van der Waals surface area contributed by atoms with Crippen LogP contribution >= 0.6 is 11.3 Å². The Balaban J connectivity index is 1.35. The van der Waals surface area contributed by atoms with Crippen LogP contribution in [0.25, 0.3) is 0 Å². The maximum atomic E-state index is 13.7. The molecule has 5 rings (SSSR count). The van der Waals surface area contributed by atoms with E-state index in [-0.39, 0.29) is 23.9 Å². The molecular weight excluding hydrogens is 408 g/mol. The van der Waals surface area contributed by atoms with Gasteiger partial charge in [-0.25, -0.2) is 4.98 Å². The van der Waals surface area contributed by atoms with Crippen LogP contribution in [0.5, 0.6) is 0 Å². The summed E-state index contributed by atoms with van der Waals surface area (Å²) in [4.78, 5) is 37.9. The number of fused-ring (bicyclic) bond motifs is 1. The average Bonchev–Trinajstić information content (AvgIpc) is 3.41. The van der Waals surface area contributed by atoms with Crippen molar-refractivity contribution in [3.05, 3.63) is 47.5 Å². The molecule has 0 spiro atoms. The second-order valence-electron chi connectivity index (χ2n) is 8.92. The first kappa shape index (κ1) is 20.5. The molecule has 6 nitrogen and oxygen atoms in total. The van der Waals surface area contributed by atoms with Crippen LogP contribution in [-0.4, -0.2) is 64.9 Å². The van der Waals surface area contributed by atoms with E-state index in [9.17, 15) is 9.59 Å². The van der Waals surface area contributed by atoms with Crippen molar-refractivity contribution < 1.29 is 9.59 Å². The van der Waals surface area contributed by atoms with E-state index in [1.165, 1.54) is 6.42 Å². The number of anilines is 1. The predicted molar refractivity (Wildman–Crippen MR) is 122 cm³/mol. The first-order valence-electron chi connectivity index (χ1n) is 11.5. The van der Waals surface area contributed by atoms with Gasteiger partial charge < -0.3 is 14.7 Å². The zero-order valence-corrected chi connectivity index (χ0v) is 18.7. The molecule has 2 amide bonds. The topological polar surface area (TPSA) is 56.8 Å². The molecule has 3 aliphatic rings. The van der Waals surface area contributed by atoms with E-state index in [1.54, 1.807) is 11.3 Å². The molecule has 31 heavy (non-hydrogen) atoms. The largest absolute Gasteiger partial charge is 0.346 e. The zero-order chi connectivity index (χ0) is 21.2. The maximum absolute atomic E-state index is 13.7. The van der Waals surface area contributed by atoms with Crippen molar-refractivity contribution in [2.45, 2.75) is 50.6 Å². The number of carbonyl (C=O) groups is 2. The van der Waals surface area contributed by atoms with Crippen molar-refractivity contribution in [3.63, 3.8) is 0 Å². The third-order valence-corrected chi connectivity index (χ3v) is 7.96. The Hall–Kier alpha value is -2.41. The monoisotopic (exact) mass is 438 g/mol. The lowest BCUT2D eigenvalue weighted by Gasteiger charge is -2.35. The Morgan fingerprint density at radius 1 is 0.968 bits per heavy atom. The summed E-state index contributed by atoms with van der Waals surface area (Å²) >= 11 is 1.65. The van der Waals surface area contributed by atoms with Crippen molar-refractivity contribution in [3.8, 4) is 0 Å². The summed E-state index contributed by atoms with van der Waals surface area (Å²) in [6, 6.07) is 9.36. The third kappa shape index (κ3) is 4.07. The summed E-state index contributed by atoms with van der Waals surface area (Å²) in [6.45, 7) is 3.16. The molecule has 3 fully saturated rings. The molecule has 1 saturated carbocycles. The van der Waals surface area contributed by atoms with Crippen LogP contribution in [0, 0.1) is 5.92 Å². The lowest BCUT2D eigenvalue weighted by molar-refractivity contribution is -0.135. The Morgan fingerprint density at radius 3 is 2.61 bits per heavy atom. The fourth-order valence-electron chi connectivity index (χ4n) is 5.61. The average molecular weight is 439 g/mol. The first-order valence-corrected chi connectivity index (χ1v) is 12.4. The Labute approximate surface area is 187 Å². The Morgan fingerprint density at radius 2 is 1.81 bits per heavy atom. The molecule has 3 unspecified atom stereocenters. The molecule has 164 valence electrons. The van der Waals surface area contributed by atoms with E-state index in [4.69, 9.17) is 0 Å². The minimum absolute atomic E-state index is 0.0209. The number of thiazole rings is 1. The van der Waals surface area contributed by atoms with Crippen LogP contribution in [0.1, 0.15) is 48.9 Å². The van der Waals surface area contributed by atoms with Crippen LogP contribution in [0.3, 0.4) is 0 Å². The van der Waals surface area contributed by atoms with Gasteiger partial charge >= 0.3 is 0 Å². The van der Waals surface area contributed by atoms with Crippen LogP contribution < -0.4 is 4.90 Å². The second kappa shape index (κ2) is 8.99. The van der Waals surface area contributed by atoms with E-state index in [0.717, 1.165) is 56.9 Å². The van der Waals surface area contributed by atoms with Gasteiger partial charge in [-0.1, -0.05) is 31.0 Å². The van der Waals surface area contributed by atoms with Gasteiger partial charge in [-0.2, -0.15) is 0 Å². The summed E-state index contributed by atoms with van der Waals surface area (Å²) in [5.74, 6) is 0.612. The molecule has 0 N–H and O–H groups in total. The molecule has 2 aliphatic heterocycles. The molecule has 1 aromatic carbocycles. The molecule has 3 heterocycles. The van der Waals surface area contributed by atoms with Gasteiger partial charge in [-0.05, 0) is 43.7 Å². The van der Waals surface area contributed by atoms with E-state index in [0.29, 0.717) is 18.0 Å². The standard InChI is InChI=1S/C24H30N4O2S/c29-22(18-7-2-1-3-8-18)28-20-10-5-4-9-19(20)17-21(28)23(30)26-12-6-13-27(15-14-26)24-25-11-16-31-24/h1-3,7-8,11,16,19-21H,4-6,9-10,12-15,17H2. The van der Waals surface area contributed by atoms with Crippen LogP contribution in [0.15, 0.2) is 41.9 Å². The van der Waals surface area contributed by atoms with E-state index in [1.807, 2.05) is 51.7 Å². The number of carbonyl (C=O) groups excluding carboxylic acids is 2. The number of rotatable bonds is 3. The Kier molecular flexibility index (Phi) is 5.94. The number of hydrogen-bond donors (Lipinski definition) is 0. The minimum Gasteiger partial charge on any atom is -0.346 e. The summed E-state index contributed by atoms with van der Waals surface area (Å²) in [7, 11) is 0. The zero-order valence-electron chi connectivity index (χ0n) is 17.9. The minimum atomic E-state index is -0.327. The lowest BCUT2D eigenvalue weighted by atomic mass is 9.84. The van der Waals surface area contributed by atoms with Crippen molar-refractivity contribution >= 4 is 28.3 Å².